The molecule has 5 nitrogen and oxygen atoms in total. The number of hydrogen-bond acceptors (Lipinski definition) is 3. The average Bonchev–Trinajstić information content (AvgIpc) is 2.87. The Morgan fingerprint density at radius 2 is 1.81 bits per heavy atom. The number of aromatic nitrogens is 2. The largest absolute Gasteiger partial charge is 0.489 e. The molecule has 0 radical (unpaired) electrons. The molecule has 1 heterocycles. The fraction of sp³-hybridized carbons (Fsp3) is 0.316. The fourth-order valence-corrected chi connectivity index (χ4v) is 3.43. The van der Waals surface area contributed by atoms with Crippen LogP contribution < -0.4 is 10.4 Å². The van der Waals surface area contributed by atoms with Crippen molar-refractivity contribution in [3.8, 4) is 5.75 Å². The summed E-state index contributed by atoms with van der Waals surface area (Å²) in [4.78, 5) is 0. The molecule has 2 aromatic carbocycles. The van der Waals surface area contributed by atoms with Crippen molar-refractivity contribution in [2.75, 3.05) is 6.61 Å². The van der Waals surface area contributed by atoms with Crippen molar-refractivity contribution in [3.63, 3.8) is 0 Å². The fourth-order valence-electron chi connectivity index (χ4n) is 2.97. The maximum atomic E-state index is 10.4. The number of halogens is 2. The van der Waals surface area contributed by atoms with Crippen molar-refractivity contribution >= 4 is 34.2 Å². The summed E-state index contributed by atoms with van der Waals surface area (Å²) in [5, 5.41) is 19.8. The molecular weight excluding hydrogens is 373 g/mol. The normalized spacial score (nSPS) is 12.5. The van der Waals surface area contributed by atoms with Crippen molar-refractivity contribution < 1.29 is 9.84 Å². The lowest BCUT2D eigenvalue weighted by molar-refractivity contribution is 0.0921. The second-order valence-corrected chi connectivity index (χ2v) is 6.96. The molecule has 7 heteroatoms. The third-order valence-corrected chi connectivity index (χ3v) is 4.67. The standard InChI is InChI=1S/C19H21Cl2N3O2/c1-2-9-23-16-5-3-4-6-17(16)24(19(23)22)11-14(25)12-26-18-8-7-13(20)10-15(18)21/h3-8,10,14,22,25H,2,9,11-12H2,1H3/t14-/m1/s1. The van der Waals surface area contributed by atoms with Crippen molar-refractivity contribution in [3.05, 3.63) is 58.1 Å². The molecule has 3 rings (SSSR count). The Kier molecular flexibility index (Phi) is 5.91. The van der Waals surface area contributed by atoms with E-state index in [4.69, 9.17) is 33.3 Å². The number of aliphatic hydroxyl groups excluding tert-OH is 1. The van der Waals surface area contributed by atoms with E-state index in [-0.39, 0.29) is 13.2 Å². The van der Waals surface area contributed by atoms with Crippen LogP contribution in [0.25, 0.3) is 11.0 Å². The first kappa shape index (κ1) is 18.8. The number of ether oxygens (including phenoxy) is 1. The average molecular weight is 394 g/mol. The van der Waals surface area contributed by atoms with Gasteiger partial charge in [0.05, 0.1) is 22.6 Å². The third kappa shape index (κ3) is 3.90. The van der Waals surface area contributed by atoms with Gasteiger partial charge in [0.1, 0.15) is 18.5 Å². The van der Waals surface area contributed by atoms with Crippen molar-refractivity contribution in [2.45, 2.75) is 32.5 Å². The molecule has 0 saturated heterocycles. The molecule has 0 bridgehead atoms. The molecule has 1 aromatic heterocycles. The highest BCUT2D eigenvalue weighted by molar-refractivity contribution is 6.35. The van der Waals surface area contributed by atoms with Gasteiger partial charge in [0.2, 0.25) is 5.62 Å². The van der Waals surface area contributed by atoms with Crippen molar-refractivity contribution in [1.29, 1.82) is 5.41 Å². The Morgan fingerprint density at radius 3 is 2.46 bits per heavy atom. The molecule has 0 spiro atoms. The summed E-state index contributed by atoms with van der Waals surface area (Å²) in [6.45, 7) is 3.18. The van der Waals surface area contributed by atoms with Gasteiger partial charge in [0.25, 0.3) is 0 Å². The Bertz CT molecular complexity index is 965. The maximum absolute atomic E-state index is 10.4. The van der Waals surface area contributed by atoms with Crippen LogP contribution in [0.4, 0.5) is 0 Å². The van der Waals surface area contributed by atoms with Gasteiger partial charge in [-0.15, -0.1) is 0 Å². The van der Waals surface area contributed by atoms with E-state index in [9.17, 15) is 5.11 Å². The number of imidazole rings is 1. The highest BCUT2D eigenvalue weighted by Gasteiger charge is 2.14. The Labute approximate surface area is 161 Å². The summed E-state index contributed by atoms with van der Waals surface area (Å²) in [6, 6.07) is 12.8. The van der Waals surface area contributed by atoms with Gasteiger partial charge < -0.3 is 19.0 Å². The van der Waals surface area contributed by atoms with Crippen LogP contribution in [0, 0.1) is 5.41 Å². The number of fused-ring (bicyclic) bond motifs is 1. The topological polar surface area (TPSA) is 63.2 Å². The SMILES string of the molecule is CCCn1c(=N)n(C[C@@H](O)COc2ccc(Cl)cc2Cl)c2ccccc21. The zero-order valence-corrected chi connectivity index (χ0v) is 16.0. The first-order valence-electron chi connectivity index (χ1n) is 8.49. The molecule has 138 valence electrons. The summed E-state index contributed by atoms with van der Waals surface area (Å²) < 4.78 is 9.38. The van der Waals surface area contributed by atoms with Gasteiger partial charge in [0, 0.05) is 11.6 Å². The van der Waals surface area contributed by atoms with E-state index >= 15 is 0 Å². The Hall–Kier alpha value is -1.95. The lowest BCUT2D eigenvalue weighted by atomic mass is 10.3. The zero-order chi connectivity index (χ0) is 18.7. The van der Waals surface area contributed by atoms with Crippen molar-refractivity contribution in [2.24, 2.45) is 0 Å². The van der Waals surface area contributed by atoms with Gasteiger partial charge in [-0.1, -0.05) is 42.3 Å². The molecule has 0 aliphatic rings. The van der Waals surface area contributed by atoms with Crippen LogP contribution in [0.3, 0.4) is 0 Å². The zero-order valence-electron chi connectivity index (χ0n) is 14.5. The van der Waals surface area contributed by atoms with Gasteiger partial charge in [0.15, 0.2) is 0 Å². The highest BCUT2D eigenvalue weighted by Crippen LogP contribution is 2.27. The molecule has 1 atom stereocenters. The molecule has 26 heavy (non-hydrogen) atoms. The van der Waals surface area contributed by atoms with Gasteiger partial charge in [-0.25, -0.2) is 0 Å². The highest BCUT2D eigenvalue weighted by atomic mass is 35.5. The lowest BCUT2D eigenvalue weighted by Crippen LogP contribution is -2.31. The molecule has 0 amide bonds. The van der Waals surface area contributed by atoms with Gasteiger partial charge >= 0.3 is 0 Å². The smallest absolute Gasteiger partial charge is 0.203 e. The van der Waals surface area contributed by atoms with Crippen LogP contribution in [0.1, 0.15) is 13.3 Å². The predicted molar refractivity (Wildman–Crippen MR) is 104 cm³/mol. The van der Waals surface area contributed by atoms with E-state index in [0.29, 0.717) is 21.4 Å². The van der Waals surface area contributed by atoms with Crippen LogP contribution in [-0.4, -0.2) is 27.0 Å². The number of nitrogens with zero attached hydrogens (tertiary/aromatic N) is 2. The molecule has 0 saturated carbocycles. The number of aliphatic hydroxyl groups is 1. The van der Waals surface area contributed by atoms with E-state index in [1.807, 2.05) is 33.4 Å². The number of benzene rings is 2. The molecular formula is C19H21Cl2N3O2. The summed E-state index contributed by atoms with van der Waals surface area (Å²) in [5.41, 5.74) is 2.29. The van der Waals surface area contributed by atoms with Gasteiger partial charge in [-0.3, -0.25) is 5.41 Å². The Morgan fingerprint density at radius 1 is 1.12 bits per heavy atom. The van der Waals surface area contributed by atoms with E-state index in [2.05, 4.69) is 6.92 Å². The minimum Gasteiger partial charge on any atom is -0.489 e. The molecule has 2 N–H and O–H groups in total. The first-order valence-corrected chi connectivity index (χ1v) is 9.25. The third-order valence-electron chi connectivity index (χ3n) is 4.14. The summed E-state index contributed by atoms with van der Waals surface area (Å²) >= 11 is 12.0. The summed E-state index contributed by atoms with van der Waals surface area (Å²) in [6.07, 6.45) is 0.155. The molecule has 0 aliphatic heterocycles. The van der Waals surface area contributed by atoms with E-state index in [1.165, 1.54) is 0 Å². The number of aryl methyl sites for hydroxylation is 1. The first-order chi connectivity index (χ1) is 12.5. The van der Waals surface area contributed by atoms with Crippen molar-refractivity contribution in [1.82, 2.24) is 9.13 Å². The number of hydrogen-bond donors (Lipinski definition) is 2. The van der Waals surface area contributed by atoms with E-state index in [1.54, 1.807) is 18.2 Å². The summed E-state index contributed by atoms with van der Waals surface area (Å²) in [7, 11) is 0. The van der Waals surface area contributed by atoms with E-state index < -0.39 is 6.10 Å². The second-order valence-electron chi connectivity index (χ2n) is 6.11. The monoisotopic (exact) mass is 393 g/mol. The molecule has 0 aliphatic carbocycles. The van der Waals surface area contributed by atoms with Crippen LogP contribution in [0.15, 0.2) is 42.5 Å². The predicted octanol–water partition coefficient (Wildman–Crippen LogP) is 4.08. The second kappa shape index (κ2) is 8.16. The van der Waals surface area contributed by atoms with Crippen LogP contribution in [-0.2, 0) is 13.1 Å². The lowest BCUT2D eigenvalue weighted by Gasteiger charge is -2.14. The van der Waals surface area contributed by atoms with Crippen LogP contribution in [0.5, 0.6) is 5.75 Å². The quantitative estimate of drug-likeness (QED) is 0.634. The number of rotatable bonds is 7. The molecule has 0 unspecified atom stereocenters. The van der Waals surface area contributed by atoms with Crippen LogP contribution in [0.2, 0.25) is 10.0 Å². The number of nitrogens with one attached hydrogen (secondary N) is 1. The minimum atomic E-state index is -0.781. The minimum absolute atomic E-state index is 0.0705. The van der Waals surface area contributed by atoms with Crippen LogP contribution >= 0.6 is 23.2 Å². The van der Waals surface area contributed by atoms with Gasteiger partial charge in [-0.05, 0) is 36.8 Å². The molecule has 3 aromatic rings. The Balaban J connectivity index is 1.78. The maximum Gasteiger partial charge on any atom is 0.203 e. The summed E-state index contributed by atoms with van der Waals surface area (Å²) in [5.74, 6) is 0.472. The van der Waals surface area contributed by atoms with Gasteiger partial charge in [-0.2, -0.15) is 0 Å². The molecule has 0 fully saturated rings. The van der Waals surface area contributed by atoms with E-state index in [0.717, 1.165) is 24.0 Å². The number of para-hydroxylation sites is 2.